The number of hydrogen-bond acceptors (Lipinski definition) is 3. The number of nitrogens with zero attached hydrogens (tertiary/aromatic N) is 1. The summed E-state index contributed by atoms with van der Waals surface area (Å²) in [5.74, 6) is 0.509. The minimum absolute atomic E-state index is 0.169. The third-order valence-corrected chi connectivity index (χ3v) is 3.93. The summed E-state index contributed by atoms with van der Waals surface area (Å²) in [6.07, 6.45) is 0.825. The van der Waals surface area contributed by atoms with Crippen LogP contribution in [0.3, 0.4) is 0 Å². The van der Waals surface area contributed by atoms with Crippen LogP contribution in [-0.2, 0) is 11.2 Å². The molecule has 3 N–H and O–H groups in total. The van der Waals surface area contributed by atoms with Gasteiger partial charge >= 0.3 is 0 Å². The van der Waals surface area contributed by atoms with Gasteiger partial charge in [-0.25, -0.2) is 4.98 Å². The Balaban J connectivity index is 1.83. The molecule has 0 bridgehead atoms. The summed E-state index contributed by atoms with van der Waals surface area (Å²) in [6.45, 7) is 5.35. The third kappa shape index (κ3) is 3.68. The quantitative estimate of drug-likeness (QED) is 0.680. The molecule has 0 atom stereocenters. The maximum absolute atomic E-state index is 12.5. The number of nitrogens with one attached hydrogen (secondary N) is 3. The highest BCUT2D eigenvalue weighted by molar-refractivity contribution is 6.06. The molecule has 0 spiro atoms. The minimum atomic E-state index is -0.235. The lowest BCUT2D eigenvalue weighted by Crippen LogP contribution is -2.13. The topological polar surface area (TPSA) is 86.9 Å². The van der Waals surface area contributed by atoms with Crippen LogP contribution in [0.1, 0.15) is 35.6 Å². The van der Waals surface area contributed by atoms with Crippen LogP contribution in [0.15, 0.2) is 36.4 Å². The first-order valence-corrected chi connectivity index (χ1v) is 8.14. The van der Waals surface area contributed by atoms with Gasteiger partial charge in [-0.3, -0.25) is 9.59 Å². The maximum Gasteiger partial charge on any atom is 0.255 e. The van der Waals surface area contributed by atoms with Crippen molar-refractivity contribution in [3.05, 3.63) is 53.3 Å². The molecule has 6 heteroatoms. The van der Waals surface area contributed by atoms with Gasteiger partial charge in [0.1, 0.15) is 5.82 Å². The number of H-pyrrole nitrogens is 1. The summed E-state index contributed by atoms with van der Waals surface area (Å²) in [7, 11) is 0. The lowest BCUT2D eigenvalue weighted by molar-refractivity contribution is -0.114. The monoisotopic (exact) mass is 336 g/mol. The lowest BCUT2D eigenvalue weighted by atomic mass is 10.1. The first-order chi connectivity index (χ1) is 12.0. The second kappa shape index (κ2) is 6.76. The molecule has 1 heterocycles. The SMILES string of the molecule is CCc1nc2ccc(NC(=O)c3ccc(C)c(NC(C)=O)c3)cc2[nH]1. The smallest absolute Gasteiger partial charge is 0.255 e. The number of carbonyl (C=O) groups excluding carboxylic acids is 2. The molecule has 3 rings (SSSR count). The number of amides is 2. The zero-order chi connectivity index (χ0) is 18.0. The van der Waals surface area contributed by atoms with Gasteiger partial charge in [0.25, 0.3) is 5.91 Å². The van der Waals surface area contributed by atoms with Crippen LogP contribution in [0.5, 0.6) is 0 Å². The van der Waals surface area contributed by atoms with E-state index in [9.17, 15) is 9.59 Å². The fourth-order valence-electron chi connectivity index (χ4n) is 2.60. The number of hydrogen-bond donors (Lipinski definition) is 3. The van der Waals surface area contributed by atoms with Gasteiger partial charge in [-0.15, -0.1) is 0 Å². The highest BCUT2D eigenvalue weighted by atomic mass is 16.2. The first kappa shape index (κ1) is 16.7. The number of aromatic amines is 1. The van der Waals surface area contributed by atoms with E-state index < -0.39 is 0 Å². The van der Waals surface area contributed by atoms with Gasteiger partial charge in [-0.05, 0) is 42.8 Å². The number of anilines is 2. The zero-order valence-corrected chi connectivity index (χ0v) is 14.4. The summed E-state index contributed by atoms with van der Waals surface area (Å²) in [6, 6.07) is 10.8. The average molecular weight is 336 g/mol. The van der Waals surface area contributed by atoms with E-state index in [1.807, 2.05) is 38.1 Å². The third-order valence-electron chi connectivity index (χ3n) is 3.93. The molecule has 2 amide bonds. The summed E-state index contributed by atoms with van der Waals surface area (Å²) in [4.78, 5) is 31.5. The number of rotatable bonds is 4. The van der Waals surface area contributed by atoms with E-state index in [2.05, 4.69) is 20.6 Å². The van der Waals surface area contributed by atoms with Crippen molar-refractivity contribution in [2.45, 2.75) is 27.2 Å². The minimum Gasteiger partial charge on any atom is -0.342 e. The Labute approximate surface area is 145 Å². The molecular formula is C19H20N4O2. The van der Waals surface area contributed by atoms with Crippen molar-refractivity contribution >= 4 is 34.2 Å². The molecule has 0 aliphatic rings. The maximum atomic E-state index is 12.5. The van der Waals surface area contributed by atoms with Crippen molar-refractivity contribution in [1.82, 2.24) is 9.97 Å². The molecule has 3 aromatic rings. The molecule has 25 heavy (non-hydrogen) atoms. The van der Waals surface area contributed by atoms with E-state index in [1.54, 1.807) is 12.1 Å². The van der Waals surface area contributed by atoms with Crippen molar-refractivity contribution in [1.29, 1.82) is 0 Å². The highest BCUT2D eigenvalue weighted by Gasteiger charge is 2.10. The standard InChI is InChI=1S/C19H20N4O2/c1-4-18-22-15-8-7-14(10-17(15)23-18)21-19(25)13-6-5-11(2)16(9-13)20-12(3)24/h5-10H,4H2,1-3H3,(H,20,24)(H,21,25)(H,22,23). The normalized spacial score (nSPS) is 10.7. The number of imidazole rings is 1. The van der Waals surface area contributed by atoms with Gasteiger partial charge in [-0.2, -0.15) is 0 Å². The molecule has 0 unspecified atom stereocenters. The number of aromatic nitrogens is 2. The largest absolute Gasteiger partial charge is 0.342 e. The molecule has 1 aromatic heterocycles. The molecule has 0 aliphatic heterocycles. The van der Waals surface area contributed by atoms with E-state index >= 15 is 0 Å². The van der Waals surface area contributed by atoms with Crippen LogP contribution < -0.4 is 10.6 Å². The van der Waals surface area contributed by atoms with E-state index in [0.717, 1.165) is 28.8 Å². The predicted molar refractivity (Wildman–Crippen MR) is 98.9 cm³/mol. The Morgan fingerprint density at radius 3 is 2.64 bits per heavy atom. The molecule has 0 saturated heterocycles. The number of benzene rings is 2. The van der Waals surface area contributed by atoms with Crippen molar-refractivity contribution < 1.29 is 9.59 Å². The van der Waals surface area contributed by atoms with Crippen LogP contribution in [0.2, 0.25) is 0 Å². The van der Waals surface area contributed by atoms with Crippen LogP contribution in [0.4, 0.5) is 11.4 Å². The van der Waals surface area contributed by atoms with Gasteiger partial charge in [0.2, 0.25) is 5.91 Å². The molecule has 2 aromatic carbocycles. The summed E-state index contributed by atoms with van der Waals surface area (Å²) >= 11 is 0. The first-order valence-electron chi connectivity index (χ1n) is 8.14. The van der Waals surface area contributed by atoms with Gasteiger partial charge in [-0.1, -0.05) is 13.0 Å². The summed E-state index contributed by atoms with van der Waals surface area (Å²) in [5, 5.41) is 5.61. The van der Waals surface area contributed by atoms with Crippen LogP contribution in [-0.4, -0.2) is 21.8 Å². The highest BCUT2D eigenvalue weighted by Crippen LogP contribution is 2.20. The Morgan fingerprint density at radius 1 is 1.12 bits per heavy atom. The molecule has 6 nitrogen and oxygen atoms in total. The van der Waals surface area contributed by atoms with Gasteiger partial charge in [0.15, 0.2) is 0 Å². The second-order valence-corrected chi connectivity index (χ2v) is 5.93. The number of carbonyl (C=O) groups is 2. The van der Waals surface area contributed by atoms with Crippen molar-refractivity contribution in [3.63, 3.8) is 0 Å². The van der Waals surface area contributed by atoms with Gasteiger partial charge < -0.3 is 15.6 Å². The molecule has 128 valence electrons. The molecular weight excluding hydrogens is 316 g/mol. The van der Waals surface area contributed by atoms with E-state index in [-0.39, 0.29) is 11.8 Å². The van der Waals surface area contributed by atoms with Crippen molar-refractivity contribution in [2.24, 2.45) is 0 Å². The summed E-state index contributed by atoms with van der Waals surface area (Å²) < 4.78 is 0. The predicted octanol–water partition coefficient (Wildman–Crippen LogP) is 3.64. The van der Waals surface area contributed by atoms with Gasteiger partial charge in [0.05, 0.1) is 11.0 Å². The van der Waals surface area contributed by atoms with Crippen LogP contribution in [0, 0.1) is 6.92 Å². The number of aryl methyl sites for hydroxylation is 2. The zero-order valence-electron chi connectivity index (χ0n) is 14.4. The van der Waals surface area contributed by atoms with Gasteiger partial charge in [0, 0.05) is 30.3 Å². The fraction of sp³-hybridized carbons (Fsp3) is 0.211. The van der Waals surface area contributed by atoms with Crippen LogP contribution in [0.25, 0.3) is 11.0 Å². The fourth-order valence-corrected chi connectivity index (χ4v) is 2.60. The number of fused-ring (bicyclic) bond motifs is 1. The van der Waals surface area contributed by atoms with E-state index in [4.69, 9.17) is 0 Å². The molecule has 0 fully saturated rings. The molecule has 0 aliphatic carbocycles. The van der Waals surface area contributed by atoms with Crippen molar-refractivity contribution in [2.75, 3.05) is 10.6 Å². The summed E-state index contributed by atoms with van der Waals surface area (Å²) in [5.41, 5.74) is 4.46. The Morgan fingerprint density at radius 2 is 1.92 bits per heavy atom. The van der Waals surface area contributed by atoms with E-state index in [1.165, 1.54) is 6.92 Å². The Hall–Kier alpha value is -3.15. The lowest BCUT2D eigenvalue weighted by Gasteiger charge is -2.10. The average Bonchev–Trinajstić information content (AvgIpc) is 2.98. The Kier molecular flexibility index (Phi) is 4.52. The molecule has 0 radical (unpaired) electrons. The second-order valence-electron chi connectivity index (χ2n) is 5.93. The molecule has 0 saturated carbocycles. The Bertz CT molecular complexity index is 959. The van der Waals surface area contributed by atoms with E-state index in [0.29, 0.717) is 16.9 Å². The van der Waals surface area contributed by atoms with Crippen LogP contribution >= 0.6 is 0 Å². The van der Waals surface area contributed by atoms with Crippen molar-refractivity contribution in [3.8, 4) is 0 Å².